The van der Waals surface area contributed by atoms with Gasteiger partial charge in [0.1, 0.15) is 11.8 Å². The topological polar surface area (TPSA) is 90.5 Å². The molecule has 0 fully saturated rings. The molecule has 0 heterocycles. The van der Waals surface area contributed by atoms with E-state index in [1.165, 1.54) is 6.92 Å². The Morgan fingerprint density at radius 3 is 2.00 bits per heavy atom. The number of hydrogen-bond acceptors (Lipinski definition) is 5. The van der Waals surface area contributed by atoms with Gasteiger partial charge in [0.25, 0.3) is 0 Å². The monoisotopic (exact) mass is 398 g/mol. The first-order chi connectivity index (χ1) is 13.3. The van der Waals surface area contributed by atoms with Crippen LogP contribution in [0.1, 0.15) is 66.7 Å². The summed E-state index contributed by atoms with van der Waals surface area (Å²) in [6.07, 6.45) is 4.65. The third-order valence-corrected chi connectivity index (χ3v) is 4.70. The van der Waals surface area contributed by atoms with Crippen molar-refractivity contribution < 1.29 is 14.4 Å². The SMILES string of the molecule is CCCN(CCC)CCCCC(NC(=O)C(NC)C(C)C)C(=O)NCC(C)=O. The number of nitrogens with zero attached hydrogens (tertiary/aromatic N) is 1. The number of ketones is 1. The maximum absolute atomic E-state index is 12.6. The van der Waals surface area contributed by atoms with Crippen molar-refractivity contribution in [3.63, 3.8) is 0 Å². The summed E-state index contributed by atoms with van der Waals surface area (Å²) >= 11 is 0. The van der Waals surface area contributed by atoms with Crippen LogP contribution in [0.4, 0.5) is 0 Å². The van der Waals surface area contributed by atoms with Gasteiger partial charge in [-0.3, -0.25) is 14.4 Å². The molecule has 2 unspecified atom stereocenters. The van der Waals surface area contributed by atoms with E-state index in [4.69, 9.17) is 0 Å². The molecule has 0 aliphatic rings. The number of amides is 2. The van der Waals surface area contributed by atoms with E-state index >= 15 is 0 Å². The number of carbonyl (C=O) groups excluding carboxylic acids is 3. The van der Waals surface area contributed by atoms with Crippen LogP contribution < -0.4 is 16.0 Å². The van der Waals surface area contributed by atoms with E-state index in [1.54, 1.807) is 7.05 Å². The number of hydrogen-bond donors (Lipinski definition) is 3. The molecule has 28 heavy (non-hydrogen) atoms. The highest BCUT2D eigenvalue weighted by Crippen LogP contribution is 2.07. The van der Waals surface area contributed by atoms with Crippen molar-refractivity contribution in [2.24, 2.45) is 5.92 Å². The smallest absolute Gasteiger partial charge is 0.242 e. The lowest BCUT2D eigenvalue weighted by atomic mass is 10.0. The van der Waals surface area contributed by atoms with Gasteiger partial charge >= 0.3 is 0 Å². The highest BCUT2D eigenvalue weighted by atomic mass is 16.2. The van der Waals surface area contributed by atoms with E-state index in [9.17, 15) is 14.4 Å². The van der Waals surface area contributed by atoms with E-state index in [2.05, 4.69) is 34.7 Å². The molecule has 7 heteroatoms. The summed E-state index contributed by atoms with van der Waals surface area (Å²) in [7, 11) is 1.74. The lowest BCUT2D eigenvalue weighted by molar-refractivity contribution is -0.131. The van der Waals surface area contributed by atoms with Crippen molar-refractivity contribution in [3.05, 3.63) is 0 Å². The Morgan fingerprint density at radius 2 is 1.54 bits per heavy atom. The minimum Gasteiger partial charge on any atom is -0.347 e. The summed E-state index contributed by atoms with van der Waals surface area (Å²) in [4.78, 5) is 38.7. The van der Waals surface area contributed by atoms with Gasteiger partial charge < -0.3 is 20.9 Å². The molecule has 164 valence electrons. The fourth-order valence-electron chi connectivity index (χ4n) is 3.28. The van der Waals surface area contributed by atoms with Gasteiger partial charge in [0, 0.05) is 0 Å². The zero-order chi connectivity index (χ0) is 21.5. The highest BCUT2D eigenvalue weighted by Gasteiger charge is 2.26. The van der Waals surface area contributed by atoms with Crippen LogP contribution in [0.3, 0.4) is 0 Å². The molecule has 0 aromatic heterocycles. The fourth-order valence-corrected chi connectivity index (χ4v) is 3.28. The molecular formula is C21H42N4O3. The predicted octanol–water partition coefficient (Wildman–Crippen LogP) is 1.71. The lowest BCUT2D eigenvalue weighted by Gasteiger charge is -2.25. The van der Waals surface area contributed by atoms with Crippen molar-refractivity contribution in [1.82, 2.24) is 20.9 Å². The average molecular weight is 399 g/mol. The largest absolute Gasteiger partial charge is 0.347 e. The van der Waals surface area contributed by atoms with Crippen molar-refractivity contribution >= 4 is 17.6 Å². The van der Waals surface area contributed by atoms with Crippen molar-refractivity contribution in [3.8, 4) is 0 Å². The first kappa shape index (κ1) is 26.5. The van der Waals surface area contributed by atoms with Crippen LogP contribution in [0.15, 0.2) is 0 Å². The van der Waals surface area contributed by atoms with E-state index in [0.717, 1.165) is 45.3 Å². The maximum Gasteiger partial charge on any atom is 0.242 e. The van der Waals surface area contributed by atoms with Crippen molar-refractivity contribution in [2.75, 3.05) is 33.2 Å². The summed E-state index contributed by atoms with van der Waals surface area (Å²) in [6, 6.07) is -0.972. The minimum absolute atomic E-state index is 0.00831. The van der Waals surface area contributed by atoms with E-state index in [0.29, 0.717) is 6.42 Å². The van der Waals surface area contributed by atoms with Crippen molar-refractivity contribution in [1.29, 1.82) is 0 Å². The summed E-state index contributed by atoms with van der Waals surface area (Å²) in [5.74, 6) is -0.466. The van der Waals surface area contributed by atoms with Crippen LogP contribution in [-0.4, -0.2) is 67.8 Å². The average Bonchev–Trinajstić information content (AvgIpc) is 2.62. The summed E-state index contributed by atoms with van der Waals surface area (Å²) in [5, 5.41) is 8.50. The Kier molecular flexibility index (Phi) is 14.6. The van der Waals surface area contributed by atoms with Gasteiger partial charge in [0.05, 0.1) is 12.6 Å². The highest BCUT2D eigenvalue weighted by molar-refractivity contribution is 5.91. The standard InChI is InChI=1S/C21H42N4O3/c1-7-12-25(13-8-2)14-10-9-11-18(20(27)23-15-17(5)26)24-21(28)19(22-6)16(3)4/h16,18-19,22H,7-15H2,1-6H3,(H,23,27)(H,24,28). The number of likely N-dealkylation sites (N-methyl/N-ethyl adjacent to an activating group) is 1. The number of unbranched alkanes of at least 4 members (excludes halogenated alkanes) is 1. The van der Waals surface area contributed by atoms with Crippen LogP contribution >= 0.6 is 0 Å². The molecule has 0 aliphatic heterocycles. The van der Waals surface area contributed by atoms with E-state index in [-0.39, 0.29) is 36.1 Å². The molecule has 0 radical (unpaired) electrons. The van der Waals surface area contributed by atoms with Crippen LogP contribution in [-0.2, 0) is 14.4 Å². The normalized spacial score (nSPS) is 13.4. The summed E-state index contributed by atoms with van der Waals surface area (Å²) < 4.78 is 0. The second-order valence-corrected chi connectivity index (χ2v) is 7.83. The van der Waals surface area contributed by atoms with Gasteiger partial charge in [-0.25, -0.2) is 0 Å². The first-order valence-corrected chi connectivity index (χ1v) is 10.7. The molecular weight excluding hydrogens is 356 g/mol. The van der Waals surface area contributed by atoms with E-state index in [1.807, 2.05) is 13.8 Å². The summed E-state index contributed by atoms with van der Waals surface area (Å²) in [6.45, 7) is 12.9. The Morgan fingerprint density at radius 1 is 0.929 bits per heavy atom. The molecule has 0 rings (SSSR count). The third kappa shape index (κ3) is 11.4. The number of nitrogens with one attached hydrogen (secondary N) is 3. The number of Topliss-reactive ketones (excluding diaryl/α,β-unsaturated/α-hetero) is 1. The predicted molar refractivity (Wildman–Crippen MR) is 114 cm³/mol. The van der Waals surface area contributed by atoms with Gasteiger partial charge in [-0.05, 0) is 71.6 Å². The molecule has 0 aromatic carbocycles. The second-order valence-electron chi connectivity index (χ2n) is 7.83. The minimum atomic E-state index is -0.618. The molecule has 2 amide bonds. The summed E-state index contributed by atoms with van der Waals surface area (Å²) in [5.41, 5.74) is 0. The zero-order valence-corrected chi connectivity index (χ0v) is 18.8. The molecule has 0 aromatic rings. The van der Waals surface area contributed by atoms with Gasteiger partial charge in [0.15, 0.2) is 0 Å². The molecule has 7 nitrogen and oxygen atoms in total. The number of carbonyl (C=O) groups is 3. The Bertz CT molecular complexity index is 463. The van der Waals surface area contributed by atoms with Gasteiger partial charge in [-0.1, -0.05) is 27.7 Å². The quantitative estimate of drug-likeness (QED) is 0.344. The van der Waals surface area contributed by atoms with Crippen LogP contribution in [0.25, 0.3) is 0 Å². The second kappa shape index (κ2) is 15.5. The maximum atomic E-state index is 12.6. The Labute approximate surface area is 171 Å². The Balaban J connectivity index is 4.78. The van der Waals surface area contributed by atoms with E-state index < -0.39 is 6.04 Å². The zero-order valence-electron chi connectivity index (χ0n) is 18.8. The molecule has 0 aliphatic carbocycles. The third-order valence-electron chi connectivity index (χ3n) is 4.70. The fraction of sp³-hybridized carbons (Fsp3) is 0.857. The van der Waals surface area contributed by atoms with Crippen molar-refractivity contribution in [2.45, 2.75) is 78.8 Å². The van der Waals surface area contributed by atoms with Crippen LogP contribution in [0.5, 0.6) is 0 Å². The molecule has 2 atom stereocenters. The molecule has 0 saturated heterocycles. The Hall–Kier alpha value is -1.47. The molecule has 0 spiro atoms. The van der Waals surface area contributed by atoms with Gasteiger partial charge in [-0.15, -0.1) is 0 Å². The van der Waals surface area contributed by atoms with Gasteiger partial charge in [0.2, 0.25) is 11.8 Å². The molecule has 3 N–H and O–H groups in total. The lowest BCUT2D eigenvalue weighted by Crippen LogP contribution is -2.54. The molecule has 0 bridgehead atoms. The van der Waals surface area contributed by atoms with Crippen LogP contribution in [0.2, 0.25) is 0 Å². The molecule has 0 saturated carbocycles. The first-order valence-electron chi connectivity index (χ1n) is 10.7. The van der Waals surface area contributed by atoms with Gasteiger partial charge in [-0.2, -0.15) is 0 Å². The van der Waals surface area contributed by atoms with Crippen LogP contribution in [0, 0.1) is 5.92 Å². The number of rotatable bonds is 16.